The number of hydrogen-bond donors (Lipinski definition) is 2. The number of aromatic amines is 1. The van der Waals surface area contributed by atoms with Gasteiger partial charge in [0.15, 0.2) is 0 Å². The van der Waals surface area contributed by atoms with E-state index in [4.69, 9.17) is 4.42 Å². The minimum atomic E-state index is -0.404. The largest absolute Gasteiger partial charge is 0.442 e. The summed E-state index contributed by atoms with van der Waals surface area (Å²) < 4.78 is 7.34. The standard InChI is InChI=1S/C17H15N5O3/c1-9-12(13-16(24)19-7-20-17(13)25-9)15(23)18-6-10-4-3-5-11-14(10)21-8-22(11)2/h3-5,7-8H,6H2,1-2H3,(H,18,23)(H,19,20,24). The van der Waals surface area contributed by atoms with E-state index in [1.54, 1.807) is 13.3 Å². The lowest BCUT2D eigenvalue weighted by molar-refractivity contribution is 0.0951. The number of imidazole rings is 1. The van der Waals surface area contributed by atoms with Crippen molar-refractivity contribution in [2.24, 2.45) is 7.05 Å². The number of aryl methyl sites for hydroxylation is 2. The molecule has 0 fully saturated rings. The Labute approximate surface area is 141 Å². The Morgan fingerprint density at radius 3 is 3.04 bits per heavy atom. The molecule has 0 aliphatic heterocycles. The molecule has 8 heteroatoms. The topological polar surface area (TPSA) is 106 Å². The molecule has 0 saturated carbocycles. The first-order chi connectivity index (χ1) is 12.1. The Bertz CT molecular complexity index is 1170. The van der Waals surface area contributed by atoms with E-state index in [0.29, 0.717) is 5.76 Å². The van der Waals surface area contributed by atoms with E-state index >= 15 is 0 Å². The highest BCUT2D eigenvalue weighted by Gasteiger charge is 2.21. The van der Waals surface area contributed by atoms with Crippen molar-refractivity contribution >= 4 is 28.0 Å². The zero-order valence-corrected chi connectivity index (χ0v) is 13.7. The number of furan rings is 1. The van der Waals surface area contributed by atoms with Gasteiger partial charge in [0.05, 0.1) is 29.3 Å². The molecule has 1 aromatic carbocycles. The van der Waals surface area contributed by atoms with E-state index in [2.05, 4.69) is 20.3 Å². The van der Waals surface area contributed by atoms with E-state index in [9.17, 15) is 9.59 Å². The summed E-state index contributed by atoms with van der Waals surface area (Å²) in [6.45, 7) is 1.92. The average Bonchev–Trinajstić information content (AvgIpc) is 3.14. The van der Waals surface area contributed by atoms with Crippen LogP contribution in [0.4, 0.5) is 0 Å². The molecule has 25 heavy (non-hydrogen) atoms. The van der Waals surface area contributed by atoms with Crippen LogP contribution < -0.4 is 10.9 Å². The number of nitrogens with zero attached hydrogens (tertiary/aromatic N) is 3. The maximum absolute atomic E-state index is 12.6. The Balaban J connectivity index is 1.67. The molecule has 0 aliphatic carbocycles. The van der Waals surface area contributed by atoms with Gasteiger partial charge in [0.25, 0.3) is 11.5 Å². The van der Waals surface area contributed by atoms with Gasteiger partial charge in [-0.1, -0.05) is 12.1 Å². The summed E-state index contributed by atoms with van der Waals surface area (Å²) in [4.78, 5) is 35.4. The second kappa shape index (κ2) is 5.59. The third-order valence-corrected chi connectivity index (χ3v) is 4.17. The van der Waals surface area contributed by atoms with Gasteiger partial charge in [0.1, 0.15) is 11.1 Å². The van der Waals surface area contributed by atoms with Gasteiger partial charge in [-0.3, -0.25) is 9.59 Å². The molecule has 0 atom stereocenters. The fourth-order valence-electron chi connectivity index (χ4n) is 2.95. The van der Waals surface area contributed by atoms with Crippen LogP contribution in [-0.4, -0.2) is 25.4 Å². The van der Waals surface area contributed by atoms with Crippen LogP contribution >= 0.6 is 0 Å². The SMILES string of the molecule is Cc1oc2nc[nH]c(=O)c2c1C(=O)NCc1cccc2c1ncn2C. The number of amides is 1. The molecule has 4 aromatic rings. The highest BCUT2D eigenvalue weighted by atomic mass is 16.3. The number of hydrogen-bond acceptors (Lipinski definition) is 5. The van der Waals surface area contributed by atoms with Crippen molar-refractivity contribution in [3.05, 3.63) is 58.1 Å². The molecule has 0 saturated heterocycles. The lowest BCUT2D eigenvalue weighted by Crippen LogP contribution is -2.24. The number of aromatic nitrogens is 4. The maximum atomic E-state index is 12.6. The highest BCUT2D eigenvalue weighted by Crippen LogP contribution is 2.21. The van der Waals surface area contributed by atoms with Crippen molar-refractivity contribution in [1.29, 1.82) is 0 Å². The van der Waals surface area contributed by atoms with Gasteiger partial charge in [-0.15, -0.1) is 0 Å². The quantitative estimate of drug-likeness (QED) is 0.591. The minimum Gasteiger partial charge on any atom is -0.442 e. The molecule has 0 radical (unpaired) electrons. The van der Waals surface area contributed by atoms with Crippen LogP contribution in [0.25, 0.3) is 22.1 Å². The molecule has 0 aliphatic rings. The predicted molar refractivity (Wildman–Crippen MR) is 91.3 cm³/mol. The molecule has 3 aromatic heterocycles. The molecule has 0 spiro atoms. The molecule has 8 nitrogen and oxygen atoms in total. The molecule has 3 heterocycles. The zero-order chi connectivity index (χ0) is 17.6. The Morgan fingerprint density at radius 1 is 1.36 bits per heavy atom. The van der Waals surface area contributed by atoms with Gasteiger partial charge in [-0.05, 0) is 18.6 Å². The number of fused-ring (bicyclic) bond motifs is 2. The third-order valence-electron chi connectivity index (χ3n) is 4.17. The Hall–Kier alpha value is -3.42. The molecule has 4 rings (SSSR count). The Kier molecular flexibility index (Phi) is 3.38. The van der Waals surface area contributed by atoms with Crippen molar-refractivity contribution in [2.75, 3.05) is 0 Å². The van der Waals surface area contributed by atoms with Crippen molar-refractivity contribution in [1.82, 2.24) is 24.8 Å². The summed E-state index contributed by atoms with van der Waals surface area (Å²) in [7, 11) is 1.91. The van der Waals surface area contributed by atoms with Gasteiger partial charge in [-0.25, -0.2) is 9.97 Å². The van der Waals surface area contributed by atoms with Crippen LogP contribution in [0.1, 0.15) is 21.7 Å². The monoisotopic (exact) mass is 337 g/mol. The van der Waals surface area contributed by atoms with Crippen molar-refractivity contribution in [3.8, 4) is 0 Å². The number of benzene rings is 1. The summed E-state index contributed by atoms with van der Waals surface area (Å²) >= 11 is 0. The molecule has 0 bridgehead atoms. The average molecular weight is 337 g/mol. The smallest absolute Gasteiger partial charge is 0.262 e. The summed E-state index contributed by atoms with van der Waals surface area (Å²) in [5.41, 5.74) is 2.66. The van der Waals surface area contributed by atoms with Crippen LogP contribution in [0.3, 0.4) is 0 Å². The molecular weight excluding hydrogens is 322 g/mol. The number of para-hydroxylation sites is 1. The summed E-state index contributed by atoms with van der Waals surface area (Å²) in [6, 6.07) is 5.79. The van der Waals surface area contributed by atoms with Crippen LogP contribution in [0.2, 0.25) is 0 Å². The molecule has 0 unspecified atom stereocenters. The van der Waals surface area contributed by atoms with Crippen LogP contribution in [0.5, 0.6) is 0 Å². The molecule has 2 N–H and O–H groups in total. The third kappa shape index (κ3) is 2.38. The number of H-pyrrole nitrogens is 1. The number of nitrogens with one attached hydrogen (secondary N) is 2. The predicted octanol–water partition coefficient (Wildman–Crippen LogP) is 1.64. The molecule has 126 valence electrons. The number of carbonyl (C=O) groups excluding carboxylic acids is 1. The fourth-order valence-corrected chi connectivity index (χ4v) is 2.95. The van der Waals surface area contributed by atoms with E-state index in [1.807, 2.05) is 29.8 Å². The first kappa shape index (κ1) is 15.1. The summed E-state index contributed by atoms with van der Waals surface area (Å²) in [6.07, 6.45) is 2.98. The van der Waals surface area contributed by atoms with E-state index in [1.165, 1.54) is 6.33 Å². The van der Waals surface area contributed by atoms with Crippen molar-refractivity contribution in [3.63, 3.8) is 0 Å². The normalized spacial score (nSPS) is 11.3. The van der Waals surface area contributed by atoms with Gasteiger partial charge in [0, 0.05) is 13.6 Å². The summed E-state index contributed by atoms with van der Waals surface area (Å²) in [5.74, 6) is -0.0320. The van der Waals surface area contributed by atoms with E-state index < -0.39 is 5.56 Å². The van der Waals surface area contributed by atoms with Gasteiger partial charge >= 0.3 is 0 Å². The fraction of sp³-hybridized carbons (Fsp3) is 0.176. The minimum absolute atomic E-state index is 0.151. The molecular formula is C17H15N5O3. The first-order valence-electron chi connectivity index (χ1n) is 7.70. The van der Waals surface area contributed by atoms with Gasteiger partial charge in [0.2, 0.25) is 5.71 Å². The number of carbonyl (C=O) groups is 1. The van der Waals surface area contributed by atoms with E-state index in [-0.39, 0.29) is 29.1 Å². The molecule has 1 amide bonds. The lowest BCUT2D eigenvalue weighted by Gasteiger charge is -2.06. The second-order valence-corrected chi connectivity index (χ2v) is 5.77. The highest BCUT2D eigenvalue weighted by molar-refractivity contribution is 6.06. The first-order valence-corrected chi connectivity index (χ1v) is 7.70. The number of rotatable bonds is 3. The van der Waals surface area contributed by atoms with Crippen molar-refractivity contribution in [2.45, 2.75) is 13.5 Å². The van der Waals surface area contributed by atoms with Gasteiger partial charge in [-0.2, -0.15) is 0 Å². The van der Waals surface area contributed by atoms with Gasteiger partial charge < -0.3 is 19.3 Å². The Morgan fingerprint density at radius 2 is 2.20 bits per heavy atom. The zero-order valence-electron chi connectivity index (χ0n) is 13.7. The van der Waals surface area contributed by atoms with Crippen LogP contribution in [0, 0.1) is 6.92 Å². The lowest BCUT2D eigenvalue weighted by atomic mass is 10.1. The summed E-state index contributed by atoms with van der Waals surface area (Å²) in [5, 5.41) is 2.99. The van der Waals surface area contributed by atoms with Crippen LogP contribution in [-0.2, 0) is 13.6 Å². The maximum Gasteiger partial charge on any atom is 0.262 e. The second-order valence-electron chi connectivity index (χ2n) is 5.77. The van der Waals surface area contributed by atoms with Crippen LogP contribution in [0.15, 0.2) is 40.1 Å². The van der Waals surface area contributed by atoms with Crippen molar-refractivity contribution < 1.29 is 9.21 Å². The van der Waals surface area contributed by atoms with E-state index in [0.717, 1.165) is 16.6 Å².